The van der Waals surface area contributed by atoms with Gasteiger partial charge in [-0.3, -0.25) is 0 Å². The third-order valence-electron chi connectivity index (χ3n) is 6.85. The fourth-order valence-electron chi connectivity index (χ4n) is 4.73. The van der Waals surface area contributed by atoms with Gasteiger partial charge in [-0.05, 0) is 81.1 Å². The van der Waals surface area contributed by atoms with E-state index in [1.54, 1.807) is 13.8 Å². The number of hydrogen-bond donors (Lipinski definition) is 0. The van der Waals surface area contributed by atoms with Gasteiger partial charge in [0.1, 0.15) is 11.5 Å². The topological polar surface area (TPSA) is 52.6 Å². The van der Waals surface area contributed by atoms with E-state index in [1.165, 1.54) is 33.1 Å². The SMILES string of the molecule is COc1c(C)cc(S(=O)(=O)c2cc(C)c(Oc3c(F)c(F)c(-c4c(F)c(F)c(C)c(F)c4F)c(F)c3F)c(C)c2)cc1C. The van der Waals surface area contributed by atoms with Crippen LogP contribution in [0.15, 0.2) is 34.1 Å². The fraction of sp³-hybridized carbons (Fsp3) is 0.200. The van der Waals surface area contributed by atoms with Gasteiger partial charge in [0.25, 0.3) is 0 Å². The zero-order valence-corrected chi connectivity index (χ0v) is 24.2. The Morgan fingerprint density at radius 2 is 0.814 bits per heavy atom. The standard InChI is InChI=1S/C30H22F8O4S/c1-11-7-16(8-12(2)28(11)41-6)43(39,40)17-9-13(3)29(14(4)10-17)42-30-26(37)24(35)19(25(36)27(30)38)18-22(33)20(31)15(5)21(32)23(18)34/h7-10H,1-6H3. The molecule has 4 nitrogen and oxygen atoms in total. The summed E-state index contributed by atoms with van der Waals surface area (Å²) in [6.07, 6.45) is 0. The van der Waals surface area contributed by atoms with Crippen molar-refractivity contribution in [3.63, 3.8) is 0 Å². The molecule has 0 bridgehead atoms. The highest BCUT2D eigenvalue weighted by Crippen LogP contribution is 2.42. The minimum atomic E-state index is -4.14. The van der Waals surface area contributed by atoms with Gasteiger partial charge in [-0.25, -0.2) is 34.8 Å². The second-order valence-corrected chi connectivity index (χ2v) is 11.7. The highest BCUT2D eigenvalue weighted by Gasteiger charge is 2.34. The molecule has 228 valence electrons. The van der Waals surface area contributed by atoms with Crippen LogP contribution in [-0.2, 0) is 9.84 Å². The molecule has 0 saturated heterocycles. The van der Waals surface area contributed by atoms with E-state index in [4.69, 9.17) is 9.47 Å². The van der Waals surface area contributed by atoms with E-state index < -0.39 is 84.6 Å². The van der Waals surface area contributed by atoms with Gasteiger partial charge in [0.2, 0.25) is 27.2 Å². The Morgan fingerprint density at radius 3 is 1.16 bits per heavy atom. The van der Waals surface area contributed by atoms with Crippen molar-refractivity contribution in [1.29, 1.82) is 0 Å². The maximum atomic E-state index is 15.1. The van der Waals surface area contributed by atoms with Crippen LogP contribution in [0.5, 0.6) is 17.2 Å². The summed E-state index contributed by atoms with van der Waals surface area (Å²) in [6.45, 7) is 6.54. The summed E-state index contributed by atoms with van der Waals surface area (Å²) in [7, 11) is -2.70. The van der Waals surface area contributed by atoms with Crippen LogP contribution in [-0.4, -0.2) is 15.5 Å². The van der Waals surface area contributed by atoms with Gasteiger partial charge in [-0.15, -0.1) is 0 Å². The van der Waals surface area contributed by atoms with Gasteiger partial charge in [0.05, 0.1) is 28.0 Å². The van der Waals surface area contributed by atoms with E-state index in [0.717, 1.165) is 12.1 Å². The number of ether oxygens (including phenoxy) is 2. The normalized spacial score (nSPS) is 11.7. The zero-order chi connectivity index (χ0) is 32.3. The first-order chi connectivity index (χ1) is 19.9. The lowest BCUT2D eigenvalue weighted by Crippen LogP contribution is -2.10. The summed E-state index contributed by atoms with van der Waals surface area (Å²) in [4.78, 5) is -0.308. The Labute approximate surface area is 241 Å². The average Bonchev–Trinajstić information content (AvgIpc) is 2.94. The minimum absolute atomic E-state index is 0.0241. The van der Waals surface area contributed by atoms with Gasteiger partial charge >= 0.3 is 0 Å². The van der Waals surface area contributed by atoms with Crippen LogP contribution >= 0.6 is 0 Å². The molecule has 4 rings (SSSR count). The van der Waals surface area contributed by atoms with Crippen LogP contribution in [0.25, 0.3) is 11.1 Å². The maximum Gasteiger partial charge on any atom is 0.206 e. The van der Waals surface area contributed by atoms with Crippen LogP contribution in [0, 0.1) is 81.2 Å². The number of hydrogen-bond acceptors (Lipinski definition) is 4. The molecular formula is C30H22F8O4S. The molecule has 0 aliphatic heterocycles. The molecule has 0 aliphatic rings. The number of aryl methyl sites for hydroxylation is 4. The van der Waals surface area contributed by atoms with Crippen LogP contribution < -0.4 is 9.47 Å². The van der Waals surface area contributed by atoms with E-state index in [2.05, 4.69) is 0 Å². The first kappa shape index (κ1) is 31.8. The molecule has 0 amide bonds. The molecule has 43 heavy (non-hydrogen) atoms. The number of rotatable bonds is 6. The van der Waals surface area contributed by atoms with Crippen molar-refractivity contribution >= 4 is 9.84 Å². The van der Waals surface area contributed by atoms with E-state index in [0.29, 0.717) is 23.8 Å². The molecule has 0 spiro atoms. The van der Waals surface area contributed by atoms with Crippen molar-refractivity contribution in [2.24, 2.45) is 0 Å². The van der Waals surface area contributed by atoms with Crippen molar-refractivity contribution in [2.75, 3.05) is 7.11 Å². The molecule has 4 aromatic rings. The minimum Gasteiger partial charge on any atom is -0.496 e. The van der Waals surface area contributed by atoms with E-state index >= 15 is 17.6 Å². The van der Waals surface area contributed by atoms with Crippen molar-refractivity contribution < 1.29 is 53.0 Å². The highest BCUT2D eigenvalue weighted by atomic mass is 32.2. The Kier molecular flexibility index (Phi) is 8.26. The summed E-state index contributed by atoms with van der Waals surface area (Å²) >= 11 is 0. The number of methoxy groups -OCH3 is 1. The molecule has 0 aromatic heterocycles. The lowest BCUT2D eigenvalue weighted by atomic mass is 9.99. The third-order valence-corrected chi connectivity index (χ3v) is 8.57. The van der Waals surface area contributed by atoms with E-state index in [-0.39, 0.29) is 20.9 Å². The summed E-state index contributed by atoms with van der Waals surface area (Å²) in [5.41, 5.74) is -4.14. The molecule has 0 radical (unpaired) electrons. The van der Waals surface area contributed by atoms with Gasteiger partial charge < -0.3 is 9.47 Å². The summed E-state index contributed by atoms with van der Waals surface area (Å²) in [6, 6.07) is 5.00. The Bertz CT molecular complexity index is 1830. The highest BCUT2D eigenvalue weighted by molar-refractivity contribution is 7.91. The molecule has 0 unspecified atom stereocenters. The average molecular weight is 631 g/mol. The largest absolute Gasteiger partial charge is 0.496 e. The fourth-order valence-corrected chi connectivity index (χ4v) is 6.33. The second kappa shape index (κ2) is 11.2. The van der Waals surface area contributed by atoms with Gasteiger partial charge in [0.15, 0.2) is 34.9 Å². The van der Waals surface area contributed by atoms with Crippen LogP contribution in [0.2, 0.25) is 0 Å². The molecule has 13 heteroatoms. The lowest BCUT2D eigenvalue weighted by Gasteiger charge is -2.18. The third kappa shape index (κ3) is 5.09. The molecule has 0 atom stereocenters. The molecule has 0 aliphatic carbocycles. The molecule has 0 fully saturated rings. The predicted octanol–water partition coefficient (Wildman–Crippen LogP) is 8.64. The number of halogens is 8. The van der Waals surface area contributed by atoms with Gasteiger partial charge in [0, 0.05) is 5.56 Å². The Balaban J connectivity index is 1.83. The predicted molar refractivity (Wildman–Crippen MR) is 140 cm³/mol. The van der Waals surface area contributed by atoms with Crippen molar-refractivity contribution in [2.45, 2.75) is 44.4 Å². The Hall–Kier alpha value is -4.13. The van der Waals surface area contributed by atoms with Crippen LogP contribution in [0.4, 0.5) is 35.1 Å². The Morgan fingerprint density at radius 1 is 0.488 bits per heavy atom. The number of benzene rings is 4. The lowest BCUT2D eigenvalue weighted by molar-refractivity contribution is 0.364. The van der Waals surface area contributed by atoms with Crippen molar-refractivity contribution in [3.8, 4) is 28.4 Å². The zero-order valence-electron chi connectivity index (χ0n) is 23.4. The van der Waals surface area contributed by atoms with Crippen LogP contribution in [0.3, 0.4) is 0 Å². The summed E-state index contributed by atoms with van der Waals surface area (Å²) in [5, 5.41) is 0. The van der Waals surface area contributed by atoms with Gasteiger partial charge in [-0.1, -0.05) is 0 Å². The molecule has 4 aromatic carbocycles. The van der Waals surface area contributed by atoms with E-state index in [9.17, 15) is 26.0 Å². The van der Waals surface area contributed by atoms with Gasteiger partial charge in [-0.2, -0.15) is 8.78 Å². The summed E-state index contributed by atoms with van der Waals surface area (Å²) < 4.78 is 154. The molecule has 0 N–H and O–H groups in total. The number of sulfone groups is 1. The first-order valence-corrected chi connectivity index (χ1v) is 13.8. The quantitative estimate of drug-likeness (QED) is 0.158. The molecule has 0 saturated carbocycles. The molecule has 0 heterocycles. The first-order valence-electron chi connectivity index (χ1n) is 12.3. The molecular weight excluding hydrogens is 608 g/mol. The smallest absolute Gasteiger partial charge is 0.206 e. The maximum absolute atomic E-state index is 15.1. The van der Waals surface area contributed by atoms with Crippen molar-refractivity contribution in [1.82, 2.24) is 0 Å². The van der Waals surface area contributed by atoms with E-state index in [1.807, 2.05) is 0 Å². The second-order valence-electron chi connectivity index (χ2n) is 9.80. The summed E-state index contributed by atoms with van der Waals surface area (Å²) in [5.74, 6) is -19.5. The monoisotopic (exact) mass is 630 g/mol. The van der Waals surface area contributed by atoms with Crippen LogP contribution in [0.1, 0.15) is 27.8 Å². The van der Waals surface area contributed by atoms with Crippen molar-refractivity contribution in [3.05, 3.63) is 98.6 Å².